The smallest absolute Gasteiger partial charge is 0.417 e. The lowest BCUT2D eigenvalue weighted by Crippen LogP contribution is -2.35. The first kappa shape index (κ1) is 13.3. The molecule has 0 saturated heterocycles. The van der Waals surface area contributed by atoms with Gasteiger partial charge in [0.15, 0.2) is 0 Å². The Morgan fingerprint density at radius 3 is 2.47 bits per heavy atom. The number of carboxylic acids is 1. The van der Waals surface area contributed by atoms with Crippen molar-refractivity contribution in [3.63, 3.8) is 0 Å². The molecule has 0 aromatic heterocycles. The molecule has 1 N–H and O–H groups in total. The van der Waals surface area contributed by atoms with Crippen LogP contribution in [-0.2, 0) is 9.53 Å². The molecule has 1 unspecified atom stereocenters. The molecule has 0 aliphatic carbocycles. The zero-order chi connectivity index (χ0) is 13.2. The summed E-state index contributed by atoms with van der Waals surface area (Å²) in [7, 11) is 1.30. The Morgan fingerprint density at radius 2 is 2.06 bits per heavy atom. The van der Waals surface area contributed by atoms with Gasteiger partial charge in [-0.15, -0.1) is 0 Å². The highest BCUT2D eigenvalue weighted by molar-refractivity contribution is 5.76. The van der Waals surface area contributed by atoms with E-state index in [4.69, 9.17) is 5.11 Å². The van der Waals surface area contributed by atoms with E-state index in [1.54, 1.807) is 39.1 Å². The minimum Gasteiger partial charge on any atom is -0.481 e. The number of carboxylic acid groups (broad SMARTS) is 1. The molecule has 1 rings (SSSR count). The molecule has 1 aliphatic heterocycles. The molecule has 0 bridgehead atoms. The quantitative estimate of drug-likeness (QED) is 0.802. The summed E-state index contributed by atoms with van der Waals surface area (Å²) in [4.78, 5) is 23.8. The van der Waals surface area contributed by atoms with Gasteiger partial charge < -0.3 is 9.84 Å². The average molecular weight is 239 g/mol. The molecule has 0 fully saturated rings. The van der Waals surface area contributed by atoms with E-state index in [0.29, 0.717) is 5.70 Å². The van der Waals surface area contributed by atoms with E-state index in [2.05, 4.69) is 4.74 Å². The number of aliphatic carboxylic acids is 1. The fourth-order valence-corrected chi connectivity index (χ4v) is 1.59. The fourth-order valence-electron chi connectivity index (χ4n) is 1.59. The van der Waals surface area contributed by atoms with Crippen molar-refractivity contribution in [2.45, 2.75) is 20.8 Å². The average Bonchev–Trinajstić information content (AvgIpc) is 2.27. The first-order chi connectivity index (χ1) is 7.80. The van der Waals surface area contributed by atoms with Crippen molar-refractivity contribution < 1.29 is 19.4 Å². The Bertz CT molecular complexity index is 395. The Morgan fingerprint density at radius 1 is 1.47 bits per heavy atom. The second-order valence-electron chi connectivity index (χ2n) is 4.54. The van der Waals surface area contributed by atoms with Crippen LogP contribution in [0, 0.1) is 11.3 Å². The molecule has 1 aliphatic rings. The summed E-state index contributed by atoms with van der Waals surface area (Å²) in [5.74, 6) is -1.12. The van der Waals surface area contributed by atoms with Gasteiger partial charge >= 0.3 is 12.1 Å². The van der Waals surface area contributed by atoms with Gasteiger partial charge in [0.05, 0.1) is 12.5 Å². The number of amides is 1. The van der Waals surface area contributed by atoms with Crippen LogP contribution in [0.5, 0.6) is 0 Å². The van der Waals surface area contributed by atoms with Crippen LogP contribution in [0.4, 0.5) is 4.79 Å². The van der Waals surface area contributed by atoms with E-state index >= 15 is 0 Å². The molecule has 0 aromatic rings. The maximum absolute atomic E-state index is 11.4. The summed E-state index contributed by atoms with van der Waals surface area (Å²) < 4.78 is 4.61. The molecule has 17 heavy (non-hydrogen) atoms. The minimum absolute atomic E-state index is 0.249. The highest BCUT2D eigenvalue weighted by atomic mass is 16.5. The molecule has 5 nitrogen and oxygen atoms in total. The van der Waals surface area contributed by atoms with Crippen molar-refractivity contribution in [1.29, 1.82) is 0 Å². The number of methoxy groups -OCH3 is 1. The topological polar surface area (TPSA) is 66.8 Å². The summed E-state index contributed by atoms with van der Waals surface area (Å²) >= 11 is 0. The number of hydrogen-bond acceptors (Lipinski definition) is 3. The second kappa shape index (κ2) is 4.61. The van der Waals surface area contributed by atoms with E-state index in [-0.39, 0.29) is 5.92 Å². The predicted octanol–water partition coefficient (Wildman–Crippen LogP) is 2.21. The molecule has 0 radical (unpaired) electrons. The van der Waals surface area contributed by atoms with Crippen LogP contribution in [-0.4, -0.2) is 29.2 Å². The Balaban J connectivity index is 2.94. The van der Waals surface area contributed by atoms with Gasteiger partial charge in [-0.1, -0.05) is 12.2 Å². The zero-order valence-electron chi connectivity index (χ0n) is 10.4. The zero-order valence-corrected chi connectivity index (χ0v) is 10.4. The van der Waals surface area contributed by atoms with E-state index in [9.17, 15) is 9.59 Å². The van der Waals surface area contributed by atoms with Crippen LogP contribution in [0.3, 0.4) is 0 Å². The Hall–Kier alpha value is -1.78. The molecule has 1 heterocycles. The van der Waals surface area contributed by atoms with Crippen LogP contribution in [0.15, 0.2) is 24.0 Å². The van der Waals surface area contributed by atoms with Crippen molar-refractivity contribution in [1.82, 2.24) is 4.90 Å². The normalized spacial score (nSPS) is 19.9. The molecule has 1 atom stereocenters. The molecule has 0 saturated carbocycles. The number of carbonyl (C=O) groups is 2. The number of rotatable bonds is 2. The van der Waals surface area contributed by atoms with E-state index < -0.39 is 17.5 Å². The van der Waals surface area contributed by atoms with Gasteiger partial charge in [-0.25, -0.2) is 4.79 Å². The van der Waals surface area contributed by atoms with Crippen LogP contribution >= 0.6 is 0 Å². The Labute approximate surface area is 100 Å². The third-order valence-electron chi connectivity index (χ3n) is 3.00. The minimum atomic E-state index is -0.903. The largest absolute Gasteiger partial charge is 0.481 e. The third kappa shape index (κ3) is 2.49. The lowest BCUT2D eigenvalue weighted by Gasteiger charge is -2.31. The summed E-state index contributed by atoms with van der Waals surface area (Å²) in [5, 5.41) is 9.13. The number of nitrogens with zero attached hydrogens (tertiary/aromatic N) is 1. The van der Waals surface area contributed by atoms with Gasteiger partial charge in [0.25, 0.3) is 0 Å². The van der Waals surface area contributed by atoms with Gasteiger partial charge in [0, 0.05) is 17.8 Å². The summed E-state index contributed by atoms with van der Waals surface area (Å²) in [6, 6.07) is 0. The monoisotopic (exact) mass is 239 g/mol. The van der Waals surface area contributed by atoms with E-state index in [1.165, 1.54) is 12.0 Å². The van der Waals surface area contributed by atoms with E-state index in [1.807, 2.05) is 0 Å². The highest BCUT2D eigenvalue weighted by Gasteiger charge is 2.36. The number of carbonyl (C=O) groups excluding carboxylic acids is 1. The fraction of sp³-hybridized carbons (Fsp3) is 0.500. The van der Waals surface area contributed by atoms with Gasteiger partial charge in [0.2, 0.25) is 0 Å². The summed E-state index contributed by atoms with van der Waals surface area (Å²) in [6.07, 6.45) is 4.51. The lowest BCUT2D eigenvalue weighted by atomic mass is 9.77. The van der Waals surface area contributed by atoms with Crippen LogP contribution in [0.2, 0.25) is 0 Å². The SMILES string of the molecule is COC(=O)N1C=CC(C(C)(C)C(=O)O)C=C1C. The molecule has 0 aromatic carbocycles. The predicted molar refractivity (Wildman–Crippen MR) is 62.0 cm³/mol. The van der Waals surface area contributed by atoms with Crippen molar-refractivity contribution in [2.75, 3.05) is 7.11 Å². The molecule has 5 heteroatoms. The second-order valence-corrected chi connectivity index (χ2v) is 4.54. The number of hydrogen-bond donors (Lipinski definition) is 1. The summed E-state index contributed by atoms with van der Waals surface area (Å²) in [5.41, 5.74) is -0.237. The van der Waals surface area contributed by atoms with Gasteiger partial charge in [-0.2, -0.15) is 0 Å². The first-order valence-electron chi connectivity index (χ1n) is 5.28. The maximum Gasteiger partial charge on any atom is 0.417 e. The molecule has 1 amide bonds. The van der Waals surface area contributed by atoms with Gasteiger partial charge in [-0.05, 0) is 20.8 Å². The third-order valence-corrected chi connectivity index (χ3v) is 3.00. The molecule has 0 spiro atoms. The first-order valence-corrected chi connectivity index (χ1v) is 5.28. The lowest BCUT2D eigenvalue weighted by molar-refractivity contribution is -0.148. The molecular formula is C12H17NO4. The van der Waals surface area contributed by atoms with Crippen molar-refractivity contribution >= 4 is 12.1 Å². The van der Waals surface area contributed by atoms with Crippen LogP contribution in [0.1, 0.15) is 20.8 Å². The number of ether oxygens (including phenoxy) is 1. The highest BCUT2D eigenvalue weighted by Crippen LogP contribution is 2.33. The molecule has 94 valence electrons. The van der Waals surface area contributed by atoms with Crippen molar-refractivity contribution in [2.24, 2.45) is 11.3 Å². The van der Waals surface area contributed by atoms with Gasteiger partial charge in [0.1, 0.15) is 0 Å². The standard InChI is InChI=1S/C12H17NO4/c1-8-7-9(12(2,3)10(14)15)5-6-13(8)11(16)17-4/h5-7,9H,1-4H3,(H,14,15). The summed E-state index contributed by atoms with van der Waals surface area (Å²) in [6.45, 7) is 5.05. The number of allylic oxidation sites excluding steroid dienone is 3. The van der Waals surface area contributed by atoms with Crippen molar-refractivity contribution in [3.8, 4) is 0 Å². The maximum atomic E-state index is 11.4. The Kier molecular flexibility index (Phi) is 3.60. The van der Waals surface area contributed by atoms with E-state index in [0.717, 1.165) is 0 Å². The molecular weight excluding hydrogens is 222 g/mol. The van der Waals surface area contributed by atoms with Crippen LogP contribution < -0.4 is 0 Å². The van der Waals surface area contributed by atoms with Gasteiger partial charge in [-0.3, -0.25) is 9.69 Å². The van der Waals surface area contributed by atoms with Crippen molar-refractivity contribution in [3.05, 3.63) is 24.0 Å². The van der Waals surface area contributed by atoms with Crippen LogP contribution in [0.25, 0.3) is 0 Å².